The molecule has 8 atom stereocenters. The molecule has 2 aromatic carbocycles. The first-order valence-corrected chi connectivity index (χ1v) is 27.1. The Morgan fingerprint density at radius 2 is 0.987 bits per heavy atom. The lowest BCUT2D eigenvalue weighted by Crippen LogP contribution is -2.52. The van der Waals surface area contributed by atoms with Crippen LogP contribution < -0.4 is 29.6 Å². The van der Waals surface area contributed by atoms with E-state index in [9.17, 15) is 24.3 Å². The zero-order valence-electron chi connectivity index (χ0n) is 48.6. The van der Waals surface area contributed by atoms with Gasteiger partial charge in [-0.2, -0.15) is 0 Å². The second-order valence-corrected chi connectivity index (χ2v) is 24.2. The minimum Gasteiger partial charge on any atom is -0.493 e. The van der Waals surface area contributed by atoms with Crippen LogP contribution >= 0.6 is 0 Å². The molecule has 0 spiro atoms. The summed E-state index contributed by atoms with van der Waals surface area (Å²) in [5.41, 5.74) is 3.82. The molecule has 0 radical (unpaired) electrons. The zero-order chi connectivity index (χ0) is 56.3. The number of alkyl carbamates (subject to hydrolysis) is 2. The summed E-state index contributed by atoms with van der Waals surface area (Å²) in [6.07, 6.45) is 3.78. The predicted octanol–water partition coefficient (Wildman–Crippen LogP) is 9.78. The van der Waals surface area contributed by atoms with Crippen LogP contribution in [0.1, 0.15) is 157 Å². The van der Waals surface area contributed by atoms with Crippen molar-refractivity contribution in [3.63, 3.8) is 0 Å². The molecule has 0 aliphatic carbocycles. The van der Waals surface area contributed by atoms with Gasteiger partial charge >= 0.3 is 24.1 Å². The fraction of sp³-hybridized carbons (Fsp3) is 0.724. The lowest BCUT2D eigenvalue weighted by molar-refractivity contribution is -0.161. The number of carbonyl (C=O) groups excluding carboxylic acids is 3. The fourth-order valence-corrected chi connectivity index (χ4v) is 10.7. The summed E-state index contributed by atoms with van der Waals surface area (Å²) in [6.45, 7) is 30.5. The van der Waals surface area contributed by atoms with Crippen LogP contribution in [0.3, 0.4) is 0 Å². The number of benzene rings is 2. The monoisotopic (exact) mass is 1050 g/mol. The number of methoxy groups -OCH3 is 4. The molecular weight excluding hydrogens is 961 g/mol. The number of hydrogen-bond acceptors (Lipinski definition) is 14. The largest absolute Gasteiger partial charge is 0.493 e. The lowest BCUT2D eigenvalue weighted by Gasteiger charge is -2.47. The number of nitrogens with one attached hydrogen (secondary N) is 2. The number of aliphatic hydroxyl groups is 1. The van der Waals surface area contributed by atoms with E-state index in [0.29, 0.717) is 36.0 Å². The van der Waals surface area contributed by atoms with E-state index < -0.39 is 47.4 Å². The van der Waals surface area contributed by atoms with Crippen molar-refractivity contribution in [2.75, 3.05) is 54.6 Å². The molecule has 4 aliphatic heterocycles. The highest BCUT2D eigenvalue weighted by atomic mass is 16.6. The van der Waals surface area contributed by atoms with E-state index >= 15 is 0 Å². The molecule has 17 nitrogen and oxygen atoms in total. The molecule has 2 saturated heterocycles. The third-order valence-electron chi connectivity index (χ3n) is 14.2. The molecule has 4 aliphatic rings. The number of carbonyl (C=O) groups is 4. The van der Waals surface area contributed by atoms with Crippen LogP contribution in [0.15, 0.2) is 24.3 Å². The van der Waals surface area contributed by atoms with Crippen molar-refractivity contribution in [2.24, 2.45) is 35.5 Å². The Morgan fingerprint density at radius 3 is 1.37 bits per heavy atom. The average Bonchev–Trinajstić information content (AvgIpc) is 3.30. The second-order valence-electron chi connectivity index (χ2n) is 24.2. The SMILES string of the molecule is CC(C)[C@H](NC(=O)OC(C)(C)C)C(=O)O.COc1cc2c(cc1OC)[C@H]1C[C@@H](O)[C@H](CC(C)C)CN1CC2.COc1cc2c(cc1OC)[C@H]1C[C@@H](OC(=O)[C@@H](NC(=O)OC(C)(C)C)C(C)C)[C@H](CC(C)C)CN1CC2. The maximum atomic E-state index is 13.4. The van der Waals surface area contributed by atoms with Crippen LogP contribution in [0.5, 0.6) is 23.0 Å². The van der Waals surface area contributed by atoms with Gasteiger partial charge in [0.1, 0.15) is 29.4 Å². The Labute approximate surface area is 448 Å². The predicted molar refractivity (Wildman–Crippen MR) is 290 cm³/mol. The van der Waals surface area contributed by atoms with Gasteiger partial charge in [0.25, 0.3) is 0 Å². The van der Waals surface area contributed by atoms with Crippen LogP contribution in [-0.4, -0.2) is 134 Å². The molecule has 2 amide bonds. The van der Waals surface area contributed by atoms with E-state index in [2.05, 4.69) is 72.4 Å². The van der Waals surface area contributed by atoms with Crippen molar-refractivity contribution in [1.82, 2.24) is 20.4 Å². The standard InChI is InChI=1S/C29H46N2O6.C19H29NO3.C10H19NO4/c1-17(2)12-20-16-31-11-10-19-13-24(34-8)25(35-9)14-21(19)22(31)15-23(20)36-27(32)26(18(3)4)30-28(33)37-29(5,6)7;1-12(2)7-14-11-20-6-5-13-8-18(22-3)19(23-4)9-15(13)16(20)10-17(14)21;1-6(2)7(8(12)13)11-9(14)15-10(3,4)5/h13-14,17-18,20,22-23,26H,10-12,15-16H2,1-9H3,(H,30,33);8-9,12,14,16-17,21H,5-7,10-11H2,1-4H3;6-7H,1-5H3,(H,11,14)(H,12,13)/t20-,22-,23-,26+;14-,16-,17-;7-/m110/s1. The smallest absolute Gasteiger partial charge is 0.408 e. The summed E-state index contributed by atoms with van der Waals surface area (Å²) < 4.78 is 38.6. The van der Waals surface area contributed by atoms with Crippen molar-refractivity contribution in [1.29, 1.82) is 0 Å². The molecule has 0 bridgehead atoms. The maximum absolute atomic E-state index is 13.4. The Morgan fingerprint density at radius 1 is 0.600 bits per heavy atom. The van der Waals surface area contributed by atoms with E-state index in [1.54, 1.807) is 83.8 Å². The number of carboxylic acid groups (broad SMARTS) is 1. The number of aliphatic carboxylic acids is 1. The highest BCUT2D eigenvalue weighted by Gasteiger charge is 2.43. The normalized spacial score (nSPS) is 22.3. The molecular formula is C58H94N4O13. The summed E-state index contributed by atoms with van der Waals surface area (Å²) in [7, 11) is 6.67. The van der Waals surface area contributed by atoms with Gasteiger partial charge in [0.05, 0.1) is 34.5 Å². The number of amides is 2. The van der Waals surface area contributed by atoms with Crippen LogP contribution in [0.2, 0.25) is 0 Å². The Bertz CT molecular complexity index is 2200. The van der Waals surface area contributed by atoms with E-state index in [1.165, 1.54) is 22.3 Å². The summed E-state index contributed by atoms with van der Waals surface area (Å²) in [4.78, 5) is 53.0. The lowest BCUT2D eigenvalue weighted by atomic mass is 9.79. The van der Waals surface area contributed by atoms with Crippen molar-refractivity contribution in [3.8, 4) is 23.0 Å². The number of rotatable bonds is 15. The number of nitrogens with zero attached hydrogens (tertiary/aromatic N) is 2. The quantitative estimate of drug-likeness (QED) is 0.0968. The van der Waals surface area contributed by atoms with E-state index in [4.69, 9.17) is 38.3 Å². The van der Waals surface area contributed by atoms with Gasteiger partial charge in [0, 0.05) is 50.6 Å². The van der Waals surface area contributed by atoms with Crippen molar-refractivity contribution in [3.05, 3.63) is 46.5 Å². The van der Waals surface area contributed by atoms with E-state index in [1.807, 2.05) is 13.8 Å². The third kappa shape index (κ3) is 18.0. The summed E-state index contributed by atoms with van der Waals surface area (Å²) >= 11 is 0. The van der Waals surface area contributed by atoms with Crippen molar-refractivity contribution >= 4 is 24.1 Å². The molecule has 2 fully saturated rings. The number of esters is 1. The Hall–Kier alpha value is -5.00. The van der Waals surface area contributed by atoms with E-state index in [0.717, 1.165) is 75.5 Å². The molecule has 424 valence electrons. The van der Waals surface area contributed by atoms with Gasteiger partial charge in [-0.1, -0.05) is 55.4 Å². The first-order chi connectivity index (χ1) is 35.0. The number of carboxylic acids is 1. The van der Waals surface area contributed by atoms with Gasteiger partial charge in [-0.05, 0) is 150 Å². The third-order valence-corrected chi connectivity index (χ3v) is 14.2. The van der Waals surface area contributed by atoms with Crippen molar-refractivity contribution < 1.29 is 62.5 Å². The molecule has 2 aromatic rings. The van der Waals surface area contributed by atoms with E-state index in [-0.39, 0.29) is 36.0 Å². The molecule has 6 rings (SSSR count). The summed E-state index contributed by atoms with van der Waals surface area (Å²) in [5.74, 6) is 2.96. The van der Waals surface area contributed by atoms with Gasteiger partial charge in [-0.25, -0.2) is 19.2 Å². The second kappa shape index (κ2) is 27.4. The van der Waals surface area contributed by atoms with Gasteiger partial charge < -0.3 is 54.0 Å². The highest BCUT2D eigenvalue weighted by molar-refractivity contribution is 5.82. The first-order valence-electron chi connectivity index (χ1n) is 27.1. The fourth-order valence-electron chi connectivity index (χ4n) is 10.7. The molecule has 0 saturated carbocycles. The topological polar surface area (TPSA) is 204 Å². The molecule has 0 aromatic heterocycles. The number of fused-ring (bicyclic) bond motifs is 6. The molecule has 17 heteroatoms. The van der Waals surface area contributed by atoms with Gasteiger partial charge in [-0.15, -0.1) is 0 Å². The minimum atomic E-state index is -1.06. The first kappa shape index (κ1) is 62.5. The number of piperidine rings is 2. The number of aliphatic hydroxyl groups excluding tert-OH is 1. The summed E-state index contributed by atoms with van der Waals surface area (Å²) in [6, 6.07) is 7.10. The minimum absolute atomic E-state index is 0.126. The summed E-state index contributed by atoms with van der Waals surface area (Å²) in [5, 5.41) is 24.5. The number of ether oxygens (including phenoxy) is 7. The Kier molecular flexibility index (Phi) is 22.8. The van der Waals surface area contributed by atoms with Crippen molar-refractivity contribution in [2.45, 2.75) is 183 Å². The maximum Gasteiger partial charge on any atom is 0.408 e. The van der Waals surface area contributed by atoms with Crippen LogP contribution in [0, 0.1) is 35.5 Å². The Balaban J connectivity index is 0.000000272. The highest BCUT2D eigenvalue weighted by Crippen LogP contribution is 2.46. The van der Waals surface area contributed by atoms with Gasteiger partial charge in [-0.3, -0.25) is 9.80 Å². The van der Waals surface area contributed by atoms with Crippen LogP contribution in [-0.2, 0) is 36.6 Å². The van der Waals surface area contributed by atoms with Gasteiger partial charge in [0.2, 0.25) is 0 Å². The number of hydrogen-bond donors (Lipinski definition) is 4. The average molecular weight is 1060 g/mol. The zero-order valence-corrected chi connectivity index (χ0v) is 48.6. The molecule has 4 N–H and O–H groups in total. The molecule has 4 heterocycles. The molecule has 0 unspecified atom stereocenters. The van der Waals surface area contributed by atoms with Crippen LogP contribution in [0.25, 0.3) is 0 Å². The van der Waals surface area contributed by atoms with Crippen LogP contribution in [0.4, 0.5) is 9.59 Å². The molecule has 75 heavy (non-hydrogen) atoms. The van der Waals surface area contributed by atoms with Gasteiger partial charge in [0.15, 0.2) is 23.0 Å².